The van der Waals surface area contributed by atoms with Gasteiger partial charge in [0.05, 0.1) is 18.8 Å². The van der Waals surface area contributed by atoms with Crippen LogP contribution in [0.15, 0.2) is 71.3 Å². The summed E-state index contributed by atoms with van der Waals surface area (Å²) in [6, 6.07) is 19.9. The van der Waals surface area contributed by atoms with Gasteiger partial charge in [-0.15, -0.1) is 0 Å². The monoisotopic (exact) mass is 419 g/mol. The summed E-state index contributed by atoms with van der Waals surface area (Å²) in [6.45, 7) is 9.62. The number of rotatable bonds is 9. The Balaban J connectivity index is 1.70. The van der Waals surface area contributed by atoms with Crippen molar-refractivity contribution >= 4 is 11.7 Å². The summed E-state index contributed by atoms with van der Waals surface area (Å²) in [6.07, 6.45) is 1.67. The molecule has 0 radical (unpaired) electrons. The van der Waals surface area contributed by atoms with Crippen LogP contribution >= 0.6 is 0 Å². The summed E-state index contributed by atoms with van der Waals surface area (Å²) >= 11 is 0. The van der Waals surface area contributed by atoms with Crippen molar-refractivity contribution in [3.05, 3.63) is 89.4 Å². The number of anilines is 1. The zero-order chi connectivity index (χ0) is 22.2. The Kier molecular flexibility index (Phi) is 7.90. The van der Waals surface area contributed by atoms with Gasteiger partial charge in [-0.3, -0.25) is 0 Å². The Morgan fingerprint density at radius 1 is 0.871 bits per heavy atom. The van der Waals surface area contributed by atoms with Gasteiger partial charge in [0.1, 0.15) is 5.76 Å². The van der Waals surface area contributed by atoms with E-state index in [1.807, 2.05) is 30.3 Å². The Morgan fingerprint density at radius 3 is 2.13 bits per heavy atom. The van der Waals surface area contributed by atoms with E-state index in [0.29, 0.717) is 24.9 Å². The fraction of sp³-hybridized carbons (Fsp3) is 0.346. The highest BCUT2D eigenvalue weighted by atomic mass is 16.3. The second-order valence-corrected chi connectivity index (χ2v) is 8.38. The highest BCUT2D eigenvalue weighted by Gasteiger charge is 2.17. The summed E-state index contributed by atoms with van der Waals surface area (Å²) in [4.78, 5) is 12.9. The quantitative estimate of drug-likeness (QED) is 0.388. The summed E-state index contributed by atoms with van der Waals surface area (Å²) in [5.74, 6) is 1.50. The van der Waals surface area contributed by atoms with Gasteiger partial charge in [-0.2, -0.15) is 0 Å². The predicted octanol–water partition coefficient (Wildman–Crippen LogP) is 6.18. The standard InChI is InChI=1S/C26H33N3O2/c1-18(2)22-13-8-14-23(19(3)4)25(22)29-26(30)28-17-24(20-10-6-5-7-11-20)27-16-21-12-9-15-31-21/h5-15,18-19,24,27H,16-17H2,1-4H3,(H2,28,29,30)/t24-/m1/s1. The minimum atomic E-state index is -0.198. The molecule has 31 heavy (non-hydrogen) atoms. The fourth-order valence-corrected chi connectivity index (χ4v) is 3.68. The van der Waals surface area contributed by atoms with Crippen LogP contribution in [0.2, 0.25) is 0 Å². The van der Waals surface area contributed by atoms with Crippen molar-refractivity contribution in [3.8, 4) is 0 Å². The van der Waals surface area contributed by atoms with E-state index >= 15 is 0 Å². The molecule has 0 aliphatic heterocycles. The molecule has 0 saturated heterocycles. The number of urea groups is 1. The molecule has 0 bridgehead atoms. The molecule has 1 aromatic heterocycles. The molecule has 0 aliphatic carbocycles. The zero-order valence-corrected chi connectivity index (χ0v) is 18.8. The largest absolute Gasteiger partial charge is 0.468 e. The molecule has 5 nitrogen and oxygen atoms in total. The molecule has 0 unspecified atom stereocenters. The topological polar surface area (TPSA) is 66.3 Å². The number of furan rings is 1. The Hall–Kier alpha value is -3.05. The molecule has 0 saturated carbocycles. The summed E-state index contributed by atoms with van der Waals surface area (Å²) in [5, 5.41) is 9.65. The summed E-state index contributed by atoms with van der Waals surface area (Å²) in [5.41, 5.74) is 4.33. The van der Waals surface area contributed by atoms with Crippen molar-refractivity contribution < 1.29 is 9.21 Å². The SMILES string of the molecule is CC(C)c1cccc(C(C)C)c1NC(=O)NC[C@@H](NCc1ccco1)c1ccccc1. The number of carbonyl (C=O) groups excluding carboxylic acids is 1. The number of nitrogens with one attached hydrogen (secondary N) is 3. The molecular weight excluding hydrogens is 386 g/mol. The Morgan fingerprint density at radius 2 is 1.55 bits per heavy atom. The lowest BCUT2D eigenvalue weighted by Crippen LogP contribution is -2.37. The Bertz CT molecular complexity index is 924. The number of benzene rings is 2. The molecule has 5 heteroatoms. The average molecular weight is 420 g/mol. The van der Waals surface area contributed by atoms with Crippen molar-refractivity contribution in [2.24, 2.45) is 0 Å². The first-order chi connectivity index (χ1) is 15.0. The molecule has 1 heterocycles. The van der Waals surface area contributed by atoms with Crippen molar-refractivity contribution in [1.29, 1.82) is 0 Å². The fourth-order valence-electron chi connectivity index (χ4n) is 3.68. The molecule has 3 aromatic rings. The smallest absolute Gasteiger partial charge is 0.319 e. The lowest BCUT2D eigenvalue weighted by molar-refractivity contribution is 0.250. The van der Waals surface area contributed by atoms with Crippen LogP contribution in [0.4, 0.5) is 10.5 Å². The van der Waals surface area contributed by atoms with Crippen molar-refractivity contribution in [2.75, 3.05) is 11.9 Å². The third kappa shape index (κ3) is 6.22. The van der Waals surface area contributed by atoms with E-state index in [1.54, 1.807) is 6.26 Å². The third-order valence-corrected chi connectivity index (χ3v) is 5.38. The van der Waals surface area contributed by atoms with Gasteiger partial charge in [0.25, 0.3) is 0 Å². The van der Waals surface area contributed by atoms with E-state index in [2.05, 4.69) is 74.0 Å². The van der Waals surface area contributed by atoms with E-state index < -0.39 is 0 Å². The lowest BCUT2D eigenvalue weighted by atomic mass is 9.93. The first-order valence-corrected chi connectivity index (χ1v) is 10.9. The van der Waals surface area contributed by atoms with Crippen LogP contribution in [0.1, 0.15) is 68.0 Å². The van der Waals surface area contributed by atoms with Crippen LogP contribution in [0.25, 0.3) is 0 Å². The van der Waals surface area contributed by atoms with Crippen LogP contribution in [0.5, 0.6) is 0 Å². The molecule has 164 valence electrons. The van der Waals surface area contributed by atoms with Gasteiger partial charge < -0.3 is 20.4 Å². The van der Waals surface area contributed by atoms with E-state index in [9.17, 15) is 4.79 Å². The minimum Gasteiger partial charge on any atom is -0.468 e. The van der Waals surface area contributed by atoms with Crippen LogP contribution < -0.4 is 16.0 Å². The number of hydrogen-bond donors (Lipinski definition) is 3. The van der Waals surface area contributed by atoms with E-state index in [-0.39, 0.29) is 12.1 Å². The second-order valence-electron chi connectivity index (χ2n) is 8.38. The second kappa shape index (κ2) is 10.8. The molecule has 3 rings (SSSR count). The molecule has 2 aromatic carbocycles. The predicted molar refractivity (Wildman–Crippen MR) is 126 cm³/mol. The van der Waals surface area contributed by atoms with Gasteiger partial charge in [-0.1, -0.05) is 76.2 Å². The van der Waals surface area contributed by atoms with Crippen molar-refractivity contribution in [3.63, 3.8) is 0 Å². The molecular formula is C26H33N3O2. The molecule has 0 aliphatic rings. The van der Waals surface area contributed by atoms with Crippen molar-refractivity contribution in [2.45, 2.75) is 52.1 Å². The van der Waals surface area contributed by atoms with Gasteiger partial charge in [0.15, 0.2) is 0 Å². The molecule has 3 N–H and O–H groups in total. The maximum Gasteiger partial charge on any atom is 0.319 e. The maximum absolute atomic E-state index is 12.9. The van der Waals surface area contributed by atoms with E-state index in [1.165, 1.54) is 0 Å². The Labute approximate surface area is 185 Å². The first-order valence-electron chi connectivity index (χ1n) is 10.9. The number of hydrogen-bond acceptors (Lipinski definition) is 3. The molecule has 1 atom stereocenters. The van der Waals surface area contributed by atoms with E-state index in [4.69, 9.17) is 4.42 Å². The van der Waals surface area contributed by atoms with Gasteiger partial charge in [-0.05, 0) is 40.7 Å². The van der Waals surface area contributed by atoms with Gasteiger partial charge in [-0.25, -0.2) is 4.79 Å². The van der Waals surface area contributed by atoms with Crippen LogP contribution in [0.3, 0.4) is 0 Å². The highest BCUT2D eigenvalue weighted by molar-refractivity contribution is 5.91. The van der Waals surface area contributed by atoms with E-state index in [0.717, 1.165) is 28.1 Å². The number of amides is 2. The number of para-hydroxylation sites is 1. The van der Waals surface area contributed by atoms with Crippen LogP contribution in [-0.2, 0) is 6.54 Å². The minimum absolute atomic E-state index is 0.0399. The zero-order valence-electron chi connectivity index (χ0n) is 18.8. The van der Waals surface area contributed by atoms with Gasteiger partial charge >= 0.3 is 6.03 Å². The normalized spacial score (nSPS) is 12.2. The summed E-state index contributed by atoms with van der Waals surface area (Å²) < 4.78 is 5.43. The van der Waals surface area contributed by atoms with Gasteiger partial charge in [0.2, 0.25) is 0 Å². The highest BCUT2D eigenvalue weighted by Crippen LogP contribution is 2.32. The van der Waals surface area contributed by atoms with Crippen LogP contribution in [0, 0.1) is 0 Å². The lowest BCUT2D eigenvalue weighted by Gasteiger charge is -2.22. The average Bonchev–Trinajstić information content (AvgIpc) is 3.28. The first kappa shape index (κ1) is 22.6. The summed E-state index contributed by atoms with van der Waals surface area (Å²) in [7, 11) is 0. The maximum atomic E-state index is 12.9. The number of carbonyl (C=O) groups is 1. The van der Waals surface area contributed by atoms with Crippen LogP contribution in [-0.4, -0.2) is 12.6 Å². The third-order valence-electron chi connectivity index (χ3n) is 5.38. The van der Waals surface area contributed by atoms with Gasteiger partial charge in [0, 0.05) is 12.2 Å². The molecule has 0 spiro atoms. The molecule has 0 fully saturated rings. The molecule has 2 amide bonds. The van der Waals surface area contributed by atoms with Crippen molar-refractivity contribution in [1.82, 2.24) is 10.6 Å².